The molecule has 0 bridgehead atoms. The van der Waals surface area contributed by atoms with E-state index in [0.717, 1.165) is 42.4 Å². The van der Waals surface area contributed by atoms with Crippen LogP contribution in [0.15, 0.2) is 29.2 Å². The zero-order valence-electron chi connectivity index (χ0n) is 18.1. The van der Waals surface area contributed by atoms with Crippen LogP contribution < -0.4 is 0 Å². The lowest BCUT2D eigenvalue weighted by Crippen LogP contribution is -2.47. The summed E-state index contributed by atoms with van der Waals surface area (Å²) in [5.41, 5.74) is 9.20. The minimum absolute atomic E-state index is 0.168. The maximum absolute atomic E-state index is 13.1. The summed E-state index contributed by atoms with van der Waals surface area (Å²) >= 11 is 1.79. The third kappa shape index (κ3) is 4.13. The number of rotatable bonds is 4. The van der Waals surface area contributed by atoms with Gasteiger partial charge in [-0.25, -0.2) is 0 Å². The van der Waals surface area contributed by atoms with Gasteiger partial charge in [0.2, 0.25) is 0 Å². The van der Waals surface area contributed by atoms with Gasteiger partial charge < -0.3 is 9.80 Å². The van der Waals surface area contributed by atoms with Gasteiger partial charge in [-0.05, 0) is 87.2 Å². The molecule has 1 heterocycles. The number of carbonyl (C=O) groups excluding carboxylic acids is 1. The molecule has 1 saturated heterocycles. The fourth-order valence-corrected chi connectivity index (χ4v) is 5.11. The smallest absolute Gasteiger partial charge is 0.255 e. The maximum Gasteiger partial charge on any atom is 0.255 e. The van der Waals surface area contributed by atoms with Crippen LogP contribution >= 0.6 is 11.8 Å². The lowest BCUT2D eigenvalue weighted by molar-refractivity contribution is 0.0660. The fraction of sp³-hybridized carbons (Fsp3) is 0.458. The van der Waals surface area contributed by atoms with Crippen molar-refractivity contribution in [2.45, 2.75) is 45.3 Å². The Bertz CT molecular complexity index is 853. The molecular formula is C24H32N2OS. The second-order valence-corrected chi connectivity index (χ2v) is 9.00. The van der Waals surface area contributed by atoms with Gasteiger partial charge >= 0.3 is 0 Å². The molecule has 1 fully saturated rings. The monoisotopic (exact) mass is 396 g/mol. The van der Waals surface area contributed by atoms with Crippen LogP contribution in [0.2, 0.25) is 0 Å². The highest BCUT2D eigenvalue weighted by Crippen LogP contribution is 2.33. The molecule has 1 amide bonds. The van der Waals surface area contributed by atoms with Gasteiger partial charge in [-0.1, -0.05) is 12.1 Å². The number of benzene rings is 2. The van der Waals surface area contributed by atoms with Gasteiger partial charge in [0.25, 0.3) is 5.91 Å². The van der Waals surface area contributed by atoms with Crippen molar-refractivity contribution in [3.63, 3.8) is 0 Å². The van der Waals surface area contributed by atoms with Crippen molar-refractivity contribution in [3.05, 3.63) is 63.2 Å². The molecule has 0 aromatic heterocycles. The quantitative estimate of drug-likeness (QED) is 0.686. The third-order valence-corrected chi connectivity index (χ3v) is 7.54. The molecule has 2 aromatic rings. The van der Waals surface area contributed by atoms with E-state index >= 15 is 0 Å². The average Bonchev–Trinajstić information content (AvgIpc) is 2.71. The number of nitrogens with zero attached hydrogens (tertiary/aromatic N) is 2. The van der Waals surface area contributed by atoms with E-state index in [2.05, 4.69) is 52.6 Å². The molecule has 3 rings (SSSR count). The number of piperazine rings is 1. The number of amides is 1. The summed E-state index contributed by atoms with van der Waals surface area (Å²) in [6.07, 6.45) is 0. The van der Waals surface area contributed by atoms with Crippen LogP contribution in [0.1, 0.15) is 43.7 Å². The highest BCUT2D eigenvalue weighted by Gasteiger charge is 2.22. The number of thioether (sulfide) groups is 1. The van der Waals surface area contributed by atoms with Gasteiger partial charge in [-0.3, -0.25) is 4.79 Å². The van der Waals surface area contributed by atoms with E-state index in [1.54, 1.807) is 11.8 Å². The van der Waals surface area contributed by atoms with E-state index in [9.17, 15) is 4.79 Å². The molecule has 0 saturated carbocycles. The molecule has 0 radical (unpaired) electrons. The van der Waals surface area contributed by atoms with Gasteiger partial charge in [0.15, 0.2) is 0 Å². The van der Waals surface area contributed by atoms with Crippen LogP contribution in [0.5, 0.6) is 0 Å². The summed E-state index contributed by atoms with van der Waals surface area (Å²) in [4.78, 5) is 18.5. The van der Waals surface area contributed by atoms with Gasteiger partial charge in [-0.2, -0.15) is 0 Å². The average molecular weight is 397 g/mol. The normalized spacial score (nSPS) is 15.1. The Morgan fingerprint density at radius 1 is 0.857 bits per heavy atom. The Hall–Kier alpha value is -1.78. The Balaban J connectivity index is 1.83. The molecule has 0 unspecified atom stereocenters. The van der Waals surface area contributed by atoms with Crippen LogP contribution in [-0.2, 0) is 5.75 Å². The summed E-state index contributed by atoms with van der Waals surface area (Å²) in [6, 6.07) is 8.08. The third-order valence-electron chi connectivity index (χ3n) is 6.44. The predicted octanol–water partition coefficient (Wildman–Crippen LogP) is 4.91. The first-order valence-corrected chi connectivity index (χ1v) is 11.0. The minimum Gasteiger partial charge on any atom is -0.336 e. The highest BCUT2D eigenvalue weighted by molar-refractivity contribution is 7.98. The lowest BCUT2D eigenvalue weighted by Gasteiger charge is -2.32. The molecule has 150 valence electrons. The summed E-state index contributed by atoms with van der Waals surface area (Å²) in [7, 11) is 2.11. The van der Waals surface area contributed by atoms with Crippen LogP contribution in [-0.4, -0.2) is 48.9 Å². The number of hydrogen-bond acceptors (Lipinski definition) is 3. The summed E-state index contributed by atoms with van der Waals surface area (Å²) in [6.45, 7) is 14.6. The van der Waals surface area contributed by atoms with Crippen molar-refractivity contribution in [3.8, 4) is 0 Å². The first-order chi connectivity index (χ1) is 13.3. The van der Waals surface area contributed by atoms with Crippen molar-refractivity contribution in [2.24, 2.45) is 0 Å². The van der Waals surface area contributed by atoms with Gasteiger partial charge in [0.1, 0.15) is 0 Å². The standard InChI is InChI=1S/C24H32N2OS/c1-16-17(2)19(4)22(20(5)18(16)3)15-28-23-10-8-7-9-21(23)24(27)26-13-11-25(6)12-14-26/h7-10H,11-15H2,1-6H3. The largest absolute Gasteiger partial charge is 0.336 e. The molecule has 0 N–H and O–H groups in total. The number of carbonyl (C=O) groups is 1. The van der Waals surface area contributed by atoms with E-state index in [0.29, 0.717) is 0 Å². The van der Waals surface area contributed by atoms with E-state index in [-0.39, 0.29) is 5.91 Å². The highest BCUT2D eigenvalue weighted by atomic mass is 32.2. The Kier molecular flexibility index (Phi) is 6.51. The molecule has 3 nitrogen and oxygen atoms in total. The van der Waals surface area contributed by atoms with Gasteiger partial charge in [-0.15, -0.1) is 11.8 Å². The molecule has 28 heavy (non-hydrogen) atoms. The van der Waals surface area contributed by atoms with Crippen molar-refractivity contribution in [1.29, 1.82) is 0 Å². The van der Waals surface area contributed by atoms with Crippen LogP contribution in [0.3, 0.4) is 0 Å². The molecule has 2 aromatic carbocycles. The van der Waals surface area contributed by atoms with E-state index in [4.69, 9.17) is 0 Å². The Labute approximate surface area is 174 Å². The Morgan fingerprint density at radius 3 is 2.00 bits per heavy atom. The van der Waals surface area contributed by atoms with E-state index < -0.39 is 0 Å². The van der Waals surface area contributed by atoms with Crippen LogP contribution in [0, 0.1) is 34.6 Å². The number of hydrogen-bond donors (Lipinski definition) is 0. The SMILES string of the molecule is Cc1c(C)c(C)c(CSc2ccccc2C(=O)N2CCN(C)CC2)c(C)c1C. The van der Waals surface area contributed by atoms with Crippen LogP contribution in [0.4, 0.5) is 0 Å². The molecule has 4 heteroatoms. The summed E-state index contributed by atoms with van der Waals surface area (Å²) < 4.78 is 0. The molecular weight excluding hydrogens is 364 g/mol. The van der Waals surface area contributed by atoms with Gasteiger partial charge in [0.05, 0.1) is 5.56 Å². The van der Waals surface area contributed by atoms with Crippen molar-refractivity contribution in [2.75, 3.05) is 33.2 Å². The zero-order valence-corrected chi connectivity index (χ0v) is 18.9. The van der Waals surface area contributed by atoms with Crippen LogP contribution in [0.25, 0.3) is 0 Å². The summed E-state index contributed by atoms with van der Waals surface area (Å²) in [5.74, 6) is 1.06. The van der Waals surface area contributed by atoms with E-state index in [1.165, 1.54) is 33.4 Å². The topological polar surface area (TPSA) is 23.6 Å². The second-order valence-electron chi connectivity index (χ2n) is 7.98. The summed E-state index contributed by atoms with van der Waals surface area (Å²) in [5, 5.41) is 0. The van der Waals surface area contributed by atoms with Crippen molar-refractivity contribution in [1.82, 2.24) is 9.80 Å². The minimum atomic E-state index is 0.168. The fourth-order valence-electron chi connectivity index (χ4n) is 3.89. The predicted molar refractivity (Wildman–Crippen MR) is 120 cm³/mol. The zero-order chi connectivity index (χ0) is 20.4. The Morgan fingerprint density at radius 2 is 1.39 bits per heavy atom. The van der Waals surface area contributed by atoms with Gasteiger partial charge in [0, 0.05) is 36.8 Å². The first-order valence-electron chi connectivity index (χ1n) is 10.1. The second kappa shape index (κ2) is 8.71. The molecule has 0 atom stereocenters. The molecule has 1 aliphatic rings. The van der Waals surface area contributed by atoms with Crippen molar-refractivity contribution < 1.29 is 4.79 Å². The maximum atomic E-state index is 13.1. The van der Waals surface area contributed by atoms with Crippen molar-refractivity contribution >= 4 is 17.7 Å². The van der Waals surface area contributed by atoms with E-state index in [1.807, 2.05) is 23.1 Å². The lowest BCUT2D eigenvalue weighted by atomic mass is 9.90. The molecule has 0 spiro atoms. The first kappa shape index (κ1) is 20.9. The number of likely N-dealkylation sites (N-methyl/N-ethyl adjacent to an activating group) is 1. The molecule has 0 aliphatic carbocycles. The molecule has 1 aliphatic heterocycles.